The summed E-state index contributed by atoms with van der Waals surface area (Å²) in [7, 11) is -3.62. The SMILES string of the molecule is O=C(Nc1cc(C(F)(F)F)ccc1F)N1CCC(S(=O)(=O)c2ccc(-c3cccs3)cc2)CC1. The quantitative estimate of drug-likeness (QED) is 0.433. The lowest BCUT2D eigenvalue weighted by molar-refractivity contribution is -0.137. The third-order valence-corrected chi connectivity index (χ3v) is 8.89. The molecule has 34 heavy (non-hydrogen) atoms. The molecule has 11 heteroatoms. The molecule has 2 aromatic carbocycles. The van der Waals surface area contributed by atoms with E-state index in [-0.39, 0.29) is 30.8 Å². The minimum absolute atomic E-state index is 0.0730. The predicted molar refractivity (Wildman–Crippen MR) is 122 cm³/mol. The van der Waals surface area contributed by atoms with Crippen molar-refractivity contribution in [2.24, 2.45) is 0 Å². The summed E-state index contributed by atoms with van der Waals surface area (Å²) in [5, 5.41) is 3.40. The number of carbonyl (C=O) groups is 1. The summed E-state index contributed by atoms with van der Waals surface area (Å²) in [5.74, 6) is -0.996. The van der Waals surface area contributed by atoms with Crippen molar-refractivity contribution >= 4 is 32.9 Å². The summed E-state index contributed by atoms with van der Waals surface area (Å²) in [5.41, 5.74) is -0.748. The highest BCUT2D eigenvalue weighted by molar-refractivity contribution is 7.92. The Bertz CT molecular complexity index is 1270. The zero-order valence-corrected chi connectivity index (χ0v) is 19.3. The fraction of sp³-hybridized carbons (Fsp3) is 0.261. The number of alkyl halides is 3. The molecule has 0 bridgehead atoms. The number of anilines is 1. The Kier molecular flexibility index (Phi) is 6.68. The summed E-state index contributed by atoms with van der Waals surface area (Å²) < 4.78 is 78.7. The van der Waals surface area contributed by atoms with Gasteiger partial charge < -0.3 is 10.2 Å². The van der Waals surface area contributed by atoms with Gasteiger partial charge in [-0.1, -0.05) is 18.2 Å². The summed E-state index contributed by atoms with van der Waals surface area (Å²) in [6.07, 6.45) is -4.36. The van der Waals surface area contributed by atoms with Gasteiger partial charge in [-0.25, -0.2) is 17.6 Å². The lowest BCUT2D eigenvalue weighted by Gasteiger charge is -2.31. The molecule has 1 aliphatic rings. The van der Waals surface area contributed by atoms with Crippen LogP contribution in [-0.4, -0.2) is 37.7 Å². The Labute approximate surface area is 197 Å². The van der Waals surface area contributed by atoms with E-state index in [9.17, 15) is 30.8 Å². The molecule has 1 aliphatic heterocycles. The zero-order valence-electron chi connectivity index (χ0n) is 17.7. The smallest absolute Gasteiger partial charge is 0.324 e. The second-order valence-electron chi connectivity index (χ2n) is 7.86. The van der Waals surface area contributed by atoms with Crippen LogP contribution >= 0.6 is 11.3 Å². The average molecular weight is 513 g/mol. The maximum Gasteiger partial charge on any atom is 0.416 e. The van der Waals surface area contributed by atoms with Gasteiger partial charge in [-0.15, -0.1) is 11.3 Å². The van der Waals surface area contributed by atoms with Gasteiger partial charge in [0.1, 0.15) is 5.82 Å². The van der Waals surface area contributed by atoms with Crippen LogP contribution in [0.25, 0.3) is 10.4 Å². The van der Waals surface area contributed by atoms with Crippen LogP contribution in [0.3, 0.4) is 0 Å². The van der Waals surface area contributed by atoms with Crippen LogP contribution in [-0.2, 0) is 16.0 Å². The number of benzene rings is 2. The number of sulfone groups is 1. The van der Waals surface area contributed by atoms with Crippen molar-refractivity contribution in [3.8, 4) is 10.4 Å². The number of hydrogen-bond acceptors (Lipinski definition) is 4. The lowest BCUT2D eigenvalue weighted by atomic mass is 10.1. The van der Waals surface area contributed by atoms with E-state index in [1.165, 1.54) is 4.90 Å². The van der Waals surface area contributed by atoms with E-state index >= 15 is 0 Å². The number of nitrogens with one attached hydrogen (secondary N) is 1. The van der Waals surface area contributed by atoms with Gasteiger partial charge in [0, 0.05) is 18.0 Å². The number of hydrogen-bond donors (Lipinski definition) is 1. The maximum absolute atomic E-state index is 13.9. The van der Waals surface area contributed by atoms with Crippen LogP contribution in [0.2, 0.25) is 0 Å². The highest BCUT2D eigenvalue weighted by atomic mass is 32.2. The topological polar surface area (TPSA) is 66.5 Å². The summed E-state index contributed by atoms with van der Waals surface area (Å²) in [4.78, 5) is 15.0. The van der Waals surface area contributed by atoms with Crippen LogP contribution in [0.4, 0.5) is 28.0 Å². The molecule has 1 aromatic heterocycles. The molecule has 2 amide bonds. The molecule has 180 valence electrons. The fourth-order valence-electron chi connectivity index (χ4n) is 3.80. The number of carbonyl (C=O) groups excluding carboxylic acids is 1. The summed E-state index contributed by atoms with van der Waals surface area (Å²) in [6, 6.07) is 11.5. The zero-order chi connectivity index (χ0) is 24.5. The number of halogens is 4. The van der Waals surface area contributed by atoms with Gasteiger partial charge in [-0.3, -0.25) is 0 Å². The van der Waals surface area contributed by atoms with Gasteiger partial charge in [0.2, 0.25) is 0 Å². The van der Waals surface area contributed by atoms with Crippen molar-refractivity contribution < 1.29 is 30.8 Å². The number of thiophene rings is 1. The largest absolute Gasteiger partial charge is 0.416 e. The van der Waals surface area contributed by atoms with Crippen LogP contribution in [0.5, 0.6) is 0 Å². The lowest BCUT2D eigenvalue weighted by Crippen LogP contribution is -2.44. The van der Waals surface area contributed by atoms with Crippen LogP contribution in [0, 0.1) is 5.82 Å². The van der Waals surface area contributed by atoms with Gasteiger partial charge in [0.25, 0.3) is 0 Å². The monoisotopic (exact) mass is 512 g/mol. The summed E-state index contributed by atoms with van der Waals surface area (Å²) in [6.45, 7) is 0.146. The highest BCUT2D eigenvalue weighted by Crippen LogP contribution is 2.32. The molecular weight excluding hydrogens is 492 g/mol. The Morgan fingerprint density at radius 1 is 1.03 bits per heavy atom. The molecule has 0 atom stereocenters. The third-order valence-electron chi connectivity index (χ3n) is 5.69. The first kappa shape index (κ1) is 24.2. The van der Waals surface area contributed by atoms with Gasteiger partial charge in [0.15, 0.2) is 9.84 Å². The number of urea groups is 1. The van der Waals surface area contributed by atoms with Gasteiger partial charge in [0.05, 0.1) is 21.4 Å². The first-order valence-corrected chi connectivity index (χ1v) is 12.8. The number of amides is 2. The van der Waals surface area contributed by atoms with Crippen LogP contribution in [0.15, 0.2) is 64.9 Å². The predicted octanol–water partition coefficient (Wildman–Crippen LogP) is 6.04. The Hall–Kier alpha value is -2.92. The molecule has 1 fully saturated rings. The van der Waals surface area contributed by atoms with Gasteiger partial charge in [-0.2, -0.15) is 13.2 Å². The molecule has 4 rings (SSSR count). The van der Waals surface area contributed by atoms with E-state index in [0.717, 1.165) is 10.4 Å². The molecule has 5 nitrogen and oxygen atoms in total. The van der Waals surface area contributed by atoms with Gasteiger partial charge in [-0.05, 0) is 60.2 Å². The first-order chi connectivity index (χ1) is 16.1. The van der Waals surface area contributed by atoms with Crippen molar-refractivity contribution in [1.82, 2.24) is 4.90 Å². The van der Waals surface area contributed by atoms with E-state index in [0.29, 0.717) is 18.2 Å². The number of piperidine rings is 1. The van der Waals surface area contributed by atoms with E-state index in [1.54, 1.807) is 35.6 Å². The number of rotatable bonds is 4. The van der Waals surface area contributed by atoms with Crippen molar-refractivity contribution in [1.29, 1.82) is 0 Å². The molecule has 1 saturated heterocycles. The Balaban J connectivity index is 1.39. The maximum atomic E-state index is 13.9. The molecule has 0 spiro atoms. The standard InChI is InChI=1S/C23H20F4N2O3S2/c24-19-8-5-16(23(25,26)27)14-20(19)28-22(30)29-11-9-18(10-12-29)34(31,32)17-6-3-15(4-7-17)21-2-1-13-33-21/h1-8,13-14,18H,9-12H2,(H,28,30). The second-order valence-corrected chi connectivity index (χ2v) is 11.0. The molecule has 0 saturated carbocycles. The summed E-state index contributed by atoms with van der Waals surface area (Å²) >= 11 is 1.55. The number of nitrogens with zero attached hydrogens (tertiary/aromatic N) is 1. The van der Waals surface area contributed by atoms with E-state index in [1.807, 2.05) is 17.5 Å². The Morgan fingerprint density at radius 3 is 2.29 bits per heavy atom. The minimum Gasteiger partial charge on any atom is -0.324 e. The van der Waals surface area contributed by atoms with E-state index < -0.39 is 44.4 Å². The van der Waals surface area contributed by atoms with Gasteiger partial charge >= 0.3 is 12.2 Å². The third kappa shape index (κ3) is 5.10. The molecule has 0 radical (unpaired) electrons. The van der Waals surface area contributed by atoms with Crippen molar-refractivity contribution in [2.75, 3.05) is 18.4 Å². The fourth-order valence-corrected chi connectivity index (χ4v) is 6.27. The normalized spacial score (nSPS) is 15.4. The molecule has 1 N–H and O–H groups in total. The van der Waals surface area contributed by atoms with E-state index in [4.69, 9.17) is 0 Å². The highest BCUT2D eigenvalue weighted by Gasteiger charge is 2.34. The van der Waals surface area contributed by atoms with Crippen LogP contribution < -0.4 is 5.32 Å². The molecular formula is C23H20F4N2O3S2. The van der Waals surface area contributed by atoms with Crippen LogP contribution in [0.1, 0.15) is 18.4 Å². The van der Waals surface area contributed by atoms with Crippen molar-refractivity contribution in [3.63, 3.8) is 0 Å². The minimum atomic E-state index is -4.68. The van der Waals surface area contributed by atoms with E-state index in [2.05, 4.69) is 5.32 Å². The van der Waals surface area contributed by atoms with Crippen molar-refractivity contribution in [2.45, 2.75) is 29.2 Å². The Morgan fingerprint density at radius 2 is 1.71 bits per heavy atom. The molecule has 3 aromatic rings. The first-order valence-electron chi connectivity index (χ1n) is 10.4. The average Bonchev–Trinajstić information content (AvgIpc) is 3.35. The second kappa shape index (κ2) is 9.38. The number of likely N-dealkylation sites (tertiary alicyclic amines) is 1. The molecule has 0 unspecified atom stereocenters. The molecule has 2 heterocycles. The molecule has 0 aliphatic carbocycles. The van der Waals surface area contributed by atoms with Crippen molar-refractivity contribution in [3.05, 3.63) is 71.4 Å².